The number of benzene rings is 1. The first kappa shape index (κ1) is 19.0. The summed E-state index contributed by atoms with van der Waals surface area (Å²) >= 11 is 0. The van der Waals surface area contributed by atoms with Crippen LogP contribution in [0.5, 0.6) is 5.75 Å². The molecule has 1 aromatic rings. The normalized spacial score (nSPS) is 17.3. The Hall–Kier alpha value is -1.02. The highest BCUT2D eigenvalue weighted by molar-refractivity contribution is 14.0. The molecule has 1 atom stereocenters. The first-order chi connectivity index (χ1) is 10.0. The number of fused-ring (bicyclic) bond motifs is 1. The van der Waals surface area contributed by atoms with E-state index in [1.807, 2.05) is 32.0 Å². The Labute approximate surface area is 149 Å². The summed E-state index contributed by atoms with van der Waals surface area (Å²) in [6.45, 7) is 5.48. The van der Waals surface area contributed by atoms with E-state index in [-0.39, 0.29) is 35.7 Å². The lowest BCUT2D eigenvalue weighted by Gasteiger charge is -2.24. The van der Waals surface area contributed by atoms with Crippen molar-refractivity contribution in [1.82, 2.24) is 10.6 Å². The summed E-state index contributed by atoms with van der Waals surface area (Å²) in [5.74, 6) is 1.76. The maximum absolute atomic E-state index is 5.90. The van der Waals surface area contributed by atoms with Gasteiger partial charge in [0.2, 0.25) is 0 Å². The van der Waals surface area contributed by atoms with Gasteiger partial charge in [-0.25, -0.2) is 0 Å². The number of methoxy groups -OCH3 is 1. The van der Waals surface area contributed by atoms with Gasteiger partial charge in [-0.3, -0.25) is 4.99 Å². The van der Waals surface area contributed by atoms with Crippen LogP contribution in [0.1, 0.15) is 19.4 Å². The van der Waals surface area contributed by atoms with E-state index in [1.54, 1.807) is 14.2 Å². The van der Waals surface area contributed by atoms with E-state index in [0.717, 1.165) is 24.7 Å². The molecule has 0 aliphatic carbocycles. The van der Waals surface area contributed by atoms with Crippen LogP contribution in [-0.2, 0) is 11.2 Å². The molecule has 2 rings (SSSR count). The summed E-state index contributed by atoms with van der Waals surface area (Å²) in [7, 11) is 3.47. The molecule has 124 valence electrons. The highest BCUT2D eigenvalue weighted by Gasteiger charge is 2.22. The van der Waals surface area contributed by atoms with Crippen LogP contribution in [0.2, 0.25) is 0 Å². The first-order valence-corrected chi connectivity index (χ1v) is 7.28. The van der Waals surface area contributed by atoms with Crippen molar-refractivity contribution < 1.29 is 9.47 Å². The minimum atomic E-state index is -0.224. The molecule has 0 saturated heterocycles. The SMILES string of the molecule is CN=C(NCC1Cc2ccccc2O1)NCC(C)(C)OC.I. The van der Waals surface area contributed by atoms with Gasteiger partial charge in [-0.05, 0) is 25.5 Å². The lowest BCUT2D eigenvalue weighted by atomic mass is 10.1. The molecule has 1 aliphatic heterocycles. The van der Waals surface area contributed by atoms with Gasteiger partial charge in [0.1, 0.15) is 11.9 Å². The third-order valence-corrected chi connectivity index (χ3v) is 3.67. The van der Waals surface area contributed by atoms with Crippen LogP contribution in [0.25, 0.3) is 0 Å². The quantitative estimate of drug-likeness (QED) is 0.437. The van der Waals surface area contributed by atoms with Crippen molar-refractivity contribution in [1.29, 1.82) is 0 Å². The average Bonchev–Trinajstić information content (AvgIpc) is 2.90. The molecule has 0 radical (unpaired) electrons. The molecule has 0 fully saturated rings. The number of aliphatic imine (C=N–C) groups is 1. The van der Waals surface area contributed by atoms with Crippen molar-refractivity contribution >= 4 is 29.9 Å². The van der Waals surface area contributed by atoms with Crippen molar-refractivity contribution in [2.45, 2.75) is 32.0 Å². The van der Waals surface area contributed by atoms with Gasteiger partial charge >= 0.3 is 0 Å². The van der Waals surface area contributed by atoms with E-state index in [1.165, 1.54) is 5.56 Å². The molecule has 0 aromatic heterocycles. The number of ether oxygens (including phenoxy) is 2. The third-order valence-electron chi connectivity index (χ3n) is 3.67. The van der Waals surface area contributed by atoms with Crippen LogP contribution in [0.4, 0.5) is 0 Å². The molecule has 0 spiro atoms. The number of rotatable bonds is 5. The summed E-state index contributed by atoms with van der Waals surface area (Å²) in [5.41, 5.74) is 1.05. The highest BCUT2D eigenvalue weighted by atomic mass is 127. The predicted molar refractivity (Wildman–Crippen MR) is 100 cm³/mol. The second-order valence-corrected chi connectivity index (χ2v) is 5.82. The Balaban J connectivity index is 0.00000242. The molecule has 2 N–H and O–H groups in total. The second-order valence-electron chi connectivity index (χ2n) is 5.82. The smallest absolute Gasteiger partial charge is 0.191 e. The standard InChI is InChI=1S/C16H25N3O2.HI/c1-16(2,20-4)11-19-15(17-3)18-10-13-9-12-7-5-6-8-14(12)21-13;/h5-8,13H,9-11H2,1-4H3,(H2,17,18,19);1H. The summed E-state index contributed by atoms with van der Waals surface area (Å²) in [5, 5.41) is 6.57. The van der Waals surface area contributed by atoms with Crippen molar-refractivity contribution in [3.63, 3.8) is 0 Å². The summed E-state index contributed by atoms with van der Waals surface area (Å²) in [4.78, 5) is 4.22. The number of nitrogens with zero attached hydrogens (tertiary/aromatic N) is 1. The van der Waals surface area contributed by atoms with Crippen LogP contribution < -0.4 is 15.4 Å². The van der Waals surface area contributed by atoms with Crippen molar-refractivity contribution in [2.75, 3.05) is 27.2 Å². The Morgan fingerprint density at radius 3 is 2.73 bits per heavy atom. The molecule has 1 heterocycles. The zero-order valence-corrected chi connectivity index (χ0v) is 16.0. The summed E-state index contributed by atoms with van der Waals surface area (Å²) in [6, 6.07) is 8.18. The monoisotopic (exact) mass is 419 g/mol. The minimum Gasteiger partial charge on any atom is -0.488 e. The van der Waals surface area contributed by atoms with E-state index in [0.29, 0.717) is 6.54 Å². The zero-order chi connectivity index (χ0) is 15.3. The van der Waals surface area contributed by atoms with Crippen molar-refractivity contribution in [2.24, 2.45) is 4.99 Å². The topological polar surface area (TPSA) is 54.9 Å². The molecule has 6 heteroatoms. The first-order valence-electron chi connectivity index (χ1n) is 7.28. The fourth-order valence-corrected chi connectivity index (χ4v) is 2.17. The van der Waals surface area contributed by atoms with Crippen molar-refractivity contribution in [3.05, 3.63) is 29.8 Å². The molecule has 0 saturated carbocycles. The number of nitrogens with one attached hydrogen (secondary N) is 2. The van der Waals surface area contributed by atoms with E-state index in [4.69, 9.17) is 9.47 Å². The molecular formula is C16H26IN3O2. The predicted octanol–water partition coefficient (Wildman–Crippen LogP) is 2.20. The van der Waals surface area contributed by atoms with Crippen LogP contribution in [0.3, 0.4) is 0 Å². The number of guanidine groups is 1. The lowest BCUT2D eigenvalue weighted by molar-refractivity contribution is 0.0268. The maximum atomic E-state index is 5.90. The second kappa shape index (κ2) is 8.57. The zero-order valence-electron chi connectivity index (χ0n) is 13.7. The Kier molecular flexibility index (Phi) is 7.41. The van der Waals surface area contributed by atoms with Gasteiger partial charge in [-0.1, -0.05) is 18.2 Å². The van der Waals surface area contributed by atoms with E-state index in [9.17, 15) is 0 Å². The average molecular weight is 419 g/mol. The fourth-order valence-electron chi connectivity index (χ4n) is 2.17. The van der Waals surface area contributed by atoms with Crippen LogP contribution >= 0.6 is 24.0 Å². The van der Waals surface area contributed by atoms with Gasteiger partial charge in [0, 0.05) is 27.1 Å². The van der Waals surface area contributed by atoms with E-state index < -0.39 is 0 Å². The highest BCUT2D eigenvalue weighted by Crippen LogP contribution is 2.27. The number of halogens is 1. The summed E-state index contributed by atoms with van der Waals surface area (Å²) in [6.07, 6.45) is 1.08. The van der Waals surface area contributed by atoms with Gasteiger partial charge in [0.15, 0.2) is 5.96 Å². The molecule has 1 unspecified atom stereocenters. The van der Waals surface area contributed by atoms with E-state index >= 15 is 0 Å². The lowest BCUT2D eigenvalue weighted by Crippen LogP contribution is -2.47. The van der Waals surface area contributed by atoms with Gasteiger partial charge in [0.25, 0.3) is 0 Å². The Bertz CT molecular complexity index is 481. The van der Waals surface area contributed by atoms with Gasteiger partial charge in [0.05, 0.1) is 12.1 Å². The minimum absolute atomic E-state index is 0. The summed E-state index contributed by atoms with van der Waals surface area (Å²) < 4.78 is 11.3. The van der Waals surface area contributed by atoms with Crippen LogP contribution in [0, 0.1) is 0 Å². The maximum Gasteiger partial charge on any atom is 0.191 e. The Morgan fingerprint density at radius 1 is 1.36 bits per heavy atom. The van der Waals surface area contributed by atoms with Gasteiger partial charge < -0.3 is 20.1 Å². The molecule has 22 heavy (non-hydrogen) atoms. The van der Waals surface area contributed by atoms with Crippen LogP contribution in [-0.4, -0.2) is 44.9 Å². The van der Waals surface area contributed by atoms with Crippen molar-refractivity contribution in [3.8, 4) is 5.75 Å². The van der Waals surface area contributed by atoms with Gasteiger partial charge in [-0.15, -0.1) is 24.0 Å². The molecule has 1 aliphatic rings. The molecule has 1 aromatic carbocycles. The van der Waals surface area contributed by atoms with Crippen LogP contribution in [0.15, 0.2) is 29.3 Å². The number of para-hydroxylation sites is 1. The Morgan fingerprint density at radius 2 is 2.09 bits per heavy atom. The van der Waals surface area contributed by atoms with E-state index in [2.05, 4.69) is 21.7 Å². The number of hydrogen-bond acceptors (Lipinski definition) is 3. The van der Waals surface area contributed by atoms with Gasteiger partial charge in [-0.2, -0.15) is 0 Å². The number of hydrogen-bond donors (Lipinski definition) is 2. The fraction of sp³-hybridized carbons (Fsp3) is 0.562. The molecular weight excluding hydrogens is 393 g/mol. The largest absolute Gasteiger partial charge is 0.488 e. The third kappa shape index (κ3) is 5.31. The molecule has 0 bridgehead atoms. The molecule has 5 nitrogen and oxygen atoms in total. The molecule has 0 amide bonds.